The minimum absolute atomic E-state index is 0.0110. The molecule has 4 amide bonds. The van der Waals surface area contributed by atoms with Crippen molar-refractivity contribution in [3.05, 3.63) is 60.4 Å². The van der Waals surface area contributed by atoms with Gasteiger partial charge in [0, 0.05) is 32.1 Å². The second kappa shape index (κ2) is 22.1. The number of benzene rings is 1. The number of nitrogens with zero attached hydrogens (tertiary/aromatic N) is 3. The Labute approximate surface area is 299 Å². The zero-order valence-electron chi connectivity index (χ0n) is 30.5. The minimum atomic E-state index is -1.24. The van der Waals surface area contributed by atoms with Gasteiger partial charge in [0.15, 0.2) is 5.96 Å². The first-order valence-electron chi connectivity index (χ1n) is 17.0. The summed E-state index contributed by atoms with van der Waals surface area (Å²) in [5, 5.41) is 17.3. The molecule has 3 aromatic rings. The Hall–Kier alpha value is -5.73. The number of aromatic nitrogens is 2. The molecule has 15 nitrogen and oxygen atoms in total. The number of nitrogens with two attached hydrogens (primary N) is 3. The lowest BCUT2D eigenvalue weighted by Gasteiger charge is -2.21. The van der Waals surface area contributed by atoms with E-state index in [1.165, 1.54) is 6.92 Å². The van der Waals surface area contributed by atoms with Crippen molar-refractivity contribution in [3.63, 3.8) is 0 Å². The summed E-state index contributed by atoms with van der Waals surface area (Å²) >= 11 is 0. The molecule has 2 unspecified atom stereocenters. The summed E-state index contributed by atoms with van der Waals surface area (Å²) in [6.07, 6.45) is 1.41. The van der Waals surface area contributed by atoms with Crippen molar-refractivity contribution in [2.45, 2.75) is 92.3 Å². The molecular weight excluding hydrogens is 654 g/mol. The number of aliphatic imine (C=N–C) groups is 1. The number of carboxylic acids is 1. The Balaban J connectivity index is 0.00000313. The predicted octanol–water partition coefficient (Wildman–Crippen LogP) is 3.80. The van der Waals surface area contributed by atoms with Crippen molar-refractivity contribution in [2.75, 3.05) is 11.9 Å². The number of nitrogens with one attached hydrogen (secondary N) is 3. The maximum Gasteiger partial charge on any atom is 0.303 e. The van der Waals surface area contributed by atoms with Gasteiger partial charge >= 0.3 is 5.97 Å². The van der Waals surface area contributed by atoms with Gasteiger partial charge in [-0.05, 0) is 50.8 Å². The number of hydrogen-bond donors (Lipinski definition) is 7. The van der Waals surface area contributed by atoms with Gasteiger partial charge in [0.05, 0.1) is 22.6 Å². The molecule has 15 heteroatoms. The molecule has 2 atom stereocenters. The first kappa shape index (κ1) is 43.3. The fourth-order valence-corrected chi connectivity index (χ4v) is 5.10. The lowest BCUT2D eigenvalue weighted by atomic mass is 10.0. The molecule has 0 aliphatic heterocycles. The van der Waals surface area contributed by atoms with Crippen LogP contribution in [-0.4, -0.2) is 68.8 Å². The summed E-state index contributed by atoms with van der Waals surface area (Å²) in [5.41, 5.74) is 18.6. The van der Waals surface area contributed by atoms with Crippen LogP contribution >= 0.6 is 0 Å². The van der Waals surface area contributed by atoms with Gasteiger partial charge in [-0.3, -0.25) is 33.9 Å². The number of pyridine rings is 1. The summed E-state index contributed by atoms with van der Waals surface area (Å²) < 4.78 is 1.73. The van der Waals surface area contributed by atoms with Crippen LogP contribution in [0.3, 0.4) is 0 Å². The third kappa shape index (κ3) is 12.9. The van der Waals surface area contributed by atoms with E-state index >= 15 is 0 Å². The van der Waals surface area contributed by atoms with E-state index in [9.17, 15) is 29.1 Å². The molecule has 1 aromatic carbocycles. The topological polar surface area (TPSA) is 250 Å². The van der Waals surface area contributed by atoms with Crippen LogP contribution in [0.2, 0.25) is 0 Å². The number of carboxylic acid groups (broad SMARTS) is 1. The molecule has 2 heterocycles. The molecule has 10 N–H and O–H groups in total. The molecule has 0 spiro atoms. The number of guanidine groups is 1. The van der Waals surface area contributed by atoms with Gasteiger partial charge < -0.3 is 42.8 Å². The van der Waals surface area contributed by atoms with Crippen LogP contribution in [0.5, 0.6) is 0 Å². The quantitative estimate of drug-likeness (QED) is 0.0649. The van der Waals surface area contributed by atoms with Crippen LogP contribution in [0.25, 0.3) is 22.5 Å². The van der Waals surface area contributed by atoms with Gasteiger partial charge in [-0.1, -0.05) is 64.1 Å². The molecule has 51 heavy (non-hydrogen) atoms. The summed E-state index contributed by atoms with van der Waals surface area (Å²) in [5.74, 6) is -4.08. The lowest BCUT2D eigenvalue weighted by molar-refractivity contribution is -0.137. The number of anilines is 1. The molecule has 0 aliphatic carbocycles. The van der Waals surface area contributed by atoms with E-state index in [2.05, 4.69) is 25.9 Å². The summed E-state index contributed by atoms with van der Waals surface area (Å²) in [6, 6.07) is 11.6. The Morgan fingerprint density at radius 2 is 1.51 bits per heavy atom. The van der Waals surface area contributed by atoms with Gasteiger partial charge in [-0.25, -0.2) is 0 Å². The van der Waals surface area contributed by atoms with Crippen molar-refractivity contribution in [1.29, 1.82) is 0 Å². The number of amides is 4. The first-order chi connectivity index (χ1) is 24.3. The molecular formula is C36H53N9O6. The number of carbonyl (C=O) groups is 5. The molecule has 0 radical (unpaired) electrons. The first-order valence-corrected chi connectivity index (χ1v) is 17.0. The number of hydrogen-bond acceptors (Lipinski definition) is 7. The van der Waals surface area contributed by atoms with E-state index in [0.717, 1.165) is 0 Å². The Bertz CT molecular complexity index is 1620. The van der Waals surface area contributed by atoms with E-state index in [1.807, 2.05) is 71.9 Å². The summed E-state index contributed by atoms with van der Waals surface area (Å²) in [7, 11) is 0. The van der Waals surface area contributed by atoms with Crippen LogP contribution < -0.4 is 33.2 Å². The van der Waals surface area contributed by atoms with Crippen molar-refractivity contribution in [2.24, 2.45) is 22.2 Å². The molecule has 3 rings (SSSR count). The summed E-state index contributed by atoms with van der Waals surface area (Å²) in [4.78, 5) is 72.4. The third-order valence-electron chi connectivity index (χ3n) is 7.09. The highest BCUT2D eigenvalue weighted by Gasteiger charge is 2.34. The van der Waals surface area contributed by atoms with Gasteiger partial charge in [-0.15, -0.1) is 0 Å². The van der Waals surface area contributed by atoms with Gasteiger partial charge in [0.25, 0.3) is 5.91 Å². The van der Waals surface area contributed by atoms with E-state index in [-0.39, 0.29) is 42.8 Å². The molecule has 0 bridgehead atoms. The third-order valence-corrected chi connectivity index (χ3v) is 7.09. The van der Waals surface area contributed by atoms with Crippen LogP contribution in [0.15, 0.2) is 59.7 Å². The highest BCUT2D eigenvalue weighted by Crippen LogP contribution is 2.44. The zero-order chi connectivity index (χ0) is 38.7. The maximum atomic E-state index is 14.3. The number of aliphatic carboxylic acids is 1. The van der Waals surface area contributed by atoms with Crippen LogP contribution in [-0.2, 0) is 19.2 Å². The van der Waals surface area contributed by atoms with Crippen LogP contribution in [0, 0.1) is 0 Å². The highest BCUT2D eigenvalue weighted by molar-refractivity contribution is 6.12. The Kier molecular flexibility index (Phi) is 18.7. The van der Waals surface area contributed by atoms with Gasteiger partial charge in [-0.2, -0.15) is 0 Å². The SMILES string of the molecule is CC.CC.CC(=O)NC(CCC(=O)O)C(=O)Nc1c(-c2ccccn2)c(-c2ccccc2)n(C(C)C)c1C(=O)NC(CCCN=C(N)N)C(N)=O. The average molecular weight is 708 g/mol. The molecule has 278 valence electrons. The van der Waals surface area contributed by atoms with E-state index < -0.39 is 48.1 Å². The zero-order valence-corrected chi connectivity index (χ0v) is 30.5. The molecule has 2 aromatic heterocycles. The largest absolute Gasteiger partial charge is 0.481 e. The standard InChI is InChI=1S/C32H41N9O6.2C2H6/c1-18(2)41-27(20-10-5-4-6-11-20)25(21-12-7-8-16-36-21)26(40-30(46)23(38-19(3)42)14-15-24(43)44)28(41)31(47)39-22(29(33)45)13-9-17-37-32(34)35;2*1-2/h4-8,10-12,16,18,22-23H,9,13-15,17H2,1-3H3,(H2,33,45)(H,38,42)(H,39,47)(H,40,46)(H,43,44)(H4,34,35,37);2*1-2H3. The lowest BCUT2D eigenvalue weighted by Crippen LogP contribution is -2.46. The number of carbonyl (C=O) groups excluding carboxylic acids is 4. The molecule has 0 saturated heterocycles. The van der Waals surface area contributed by atoms with Gasteiger partial charge in [0.2, 0.25) is 17.7 Å². The number of rotatable bonds is 16. The predicted molar refractivity (Wildman–Crippen MR) is 200 cm³/mol. The Morgan fingerprint density at radius 3 is 2.02 bits per heavy atom. The highest BCUT2D eigenvalue weighted by atomic mass is 16.4. The molecule has 0 saturated carbocycles. The van der Waals surface area contributed by atoms with E-state index in [0.29, 0.717) is 28.9 Å². The monoisotopic (exact) mass is 707 g/mol. The normalized spacial score (nSPS) is 11.4. The number of primary amides is 1. The van der Waals surface area contributed by atoms with Crippen LogP contribution in [0.4, 0.5) is 5.69 Å². The fourth-order valence-electron chi connectivity index (χ4n) is 5.10. The van der Waals surface area contributed by atoms with E-state index in [4.69, 9.17) is 17.2 Å². The van der Waals surface area contributed by atoms with Crippen molar-refractivity contribution in [3.8, 4) is 22.5 Å². The smallest absolute Gasteiger partial charge is 0.303 e. The second-order valence-electron chi connectivity index (χ2n) is 11.0. The van der Waals surface area contributed by atoms with Crippen molar-refractivity contribution >= 4 is 41.2 Å². The van der Waals surface area contributed by atoms with Crippen molar-refractivity contribution in [1.82, 2.24) is 20.2 Å². The average Bonchev–Trinajstić information content (AvgIpc) is 3.45. The maximum absolute atomic E-state index is 14.3. The second-order valence-corrected chi connectivity index (χ2v) is 11.0. The summed E-state index contributed by atoms with van der Waals surface area (Å²) in [6.45, 7) is 13.1. The fraction of sp³-hybridized carbons (Fsp3) is 0.417. The van der Waals surface area contributed by atoms with Crippen molar-refractivity contribution < 1.29 is 29.1 Å². The van der Waals surface area contributed by atoms with E-state index in [1.54, 1.807) is 29.0 Å². The minimum Gasteiger partial charge on any atom is -0.481 e. The molecule has 0 aliphatic rings. The molecule has 0 fully saturated rings. The van der Waals surface area contributed by atoms with Gasteiger partial charge in [0.1, 0.15) is 17.8 Å². The Morgan fingerprint density at radius 1 is 0.882 bits per heavy atom. The van der Waals surface area contributed by atoms with Crippen LogP contribution in [0.1, 0.15) is 90.7 Å².